The molecule has 2 N–H and O–H groups in total. The van der Waals surface area contributed by atoms with Gasteiger partial charge in [0.1, 0.15) is 5.75 Å². The van der Waals surface area contributed by atoms with E-state index < -0.39 is 0 Å². The maximum absolute atomic E-state index is 12.7. The molecule has 142 valence electrons. The van der Waals surface area contributed by atoms with Gasteiger partial charge in [-0.25, -0.2) is 0 Å². The van der Waals surface area contributed by atoms with Crippen molar-refractivity contribution in [1.82, 2.24) is 4.90 Å². The SMILES string of the molecule is CC(=O)c1ccccc1NC(=O)[C@H](C)N1CCN(c2ccc(O)cc2)CC1. The highest BCUT2D eigenvalue weighted by atomic mass is 16.3. The van der Waals surface area contributed by atoms with Crippen molar-refractivity contribution in [2.24, 2.45) is 0 Å². The first-order valence-corrected chi connectivity index (χ1v) is 9.14. The van der Waals surface area contributed by atoms with E-state index in [0.717, 1.165) is 31.9 Å². The lowest BCUT2D eigenvalue weighted by molar-refractivity contribution is -0.120. The first-order chi connectivity index (χ1) is 13.0. The smallest absolute Gasteiger partial charge is 0.241 e. The summed E-state index contributed by atoms with van der Waals surface area (Å²) < 4.78 is 0. The Kier molecular flexibility index (Phi) is 5.76. The molecule has 3 rings (SSSR count). The molecular formula is C21H25N3O3. The second-order valence-corrected chi connectivity index (χ2v) is 6.81. The van der Waals surface area contributed by atoms with Crippen molar-refractivity contribution in [2.45, 2.75) is 19.9 Å². The third-order valence-corrected chi connectivity index (χ3v) is 5.02. The summed E-state index contributed by atoms with van der Waals surface area (Å²) >= 11 is 0. The first kappa shape index (κ1) is 18.9. The van der Waals surface area contributed by atoms with E-state index in [0.29, 0.717) is 11.3 Å². The number of aromatic hydroxyl groups is 1. The summed E-state index contributed by atoms with van der Waals surface area (Å²) in [5, 5.41) is 12.3. The number of nitrogens with one attached hydrogen (secondary N) is 1. The number of amides is 1. The fourth-order valence-electron chi connectivity index (χ4n) is 3.33. The number of anilines is 2. The highest BCUT2D eigenvalue weighted by molar-refractivity contribution is 6.04. The number of ketones is 1. The molecule has 0 saturated carbocycles. The summed E-state index contributed by atoms with van der Waals surface area (Å²) in [6.07, 6.45) is 0. The number of Topliss-reactive ketones (excluding diaryl/α,β-unsaturated/α-hetero) is 1. The van der Waals surface area contributed by atoms with Crippen molar-refractivity contribution in [3.8, 4) is 5.75 Å². The summed E-state index contributed by atoms with van der Waals surface area (Å²) in [7, 11) is 0. The van der Waals surface area contributed by atoms with Gasteiger partial charge in [0, 0.05) is 37.4 Å². The molecule has 0 aliphatic carbocycles. The Hall–Kier alpha value is -2.86. The Labute approximate surface area is 159 Å². The molecule has 1 amide bonds. The minimum absolute atomic E-state index is 0.0685. The molecule has 0 bridgehead atoms. The number of hydrogen-bond donors (Lipinski definition) is 2. The second kappa shape index (κ2) is 8.22. The van der Waals surface area contributed by atoms with E-state index in [2.05, 4.69) is 15.1 Å². The van der Waals surface area contributed by atoms with Gasteiger partial charge >= 0.3 is 0 Å². The molecule has 0 unspecified atom stereocenters. The summed E-state index contributed by atoms with van der Waals surface area (Å²) in [4.78, 5) is 28.8. The maximum Gasteiger partial charge on any atom is 0.241 e. The molecule has 2 aromatic rings. The highest BCUT2D eigenvalue weighted by Crippen LogP contribution is 2.21. The van der Waals surface area contributed by atoms with Crippen LogP contribution in [-0.2, 0) is 4.79 Å². The number of carbonyl (C=O) groups excluding carboxylic acids is 2. The minimum atomic E-state index is -0.285. The van der Waals surface area contributed by atoms with Crippen LogP contribution in [0.2, 0.25) is 0 Å². The Morgan fingerprint density at radius 3 is 2.26 bits per heavy atom. The molecule has 1 aliphatic rings. The van der Waals surface area contributed by atoms with Crippen molar-refractivity contribution in [1.29, 1.82) is 0 Å². The fourth-order valence-corrected chi connectivity index (χ4v) is 3.33. The third-order valence-electron chi connectivity index (χ3n) is 5.02. The van der Waals surface area contributed by atoms with Gasteiger partial charge in [-0.3, -0.25) is 14.5 Å². The van der Waals surface area contributed by atoms with Gasteiger partial charge in [0.15, 0.2) is 5.78 Å². The number of carbonyl (C=O) groups is 2. The van der Waals surface area contributed by atoms with Gasteiger partial charge in [-0.2, -0.15) is 0 Å². The average Bonchev–Trinajstić information content (AvgIpc) is 2.68. The molecule has 0 aromatic heterocycles. The molecule has 0 radical (unpaired) electrons. The molecule has 1 fully saturated rings. The molecule has 1 heterocycles. The topological polar surface area (TPSA) is 72.9 Å². The van der Waals surface area contributed by atoms with Crippen LogP contribution in [0, 0.1) is 0 Å². The summed E-state index contributed by atoms with van der Waals surface area (Å²) in [5.74, 6) is 0.0800. The van der Waals surface area contributed by atoms with Gasteiger partial charge in [0.05, 0.1) is 11.7 Å². The van der Waals surface area contributed by atoms with E-state index in [4.69, 9.17) is 0 Å². The van der Waals surface area contributed by atoms with Crippen molar-refractivity contribution < 1.29 is 14.7 Å². The van der Waals surface area contributed by atoms with Crippen LogP contribution in [-0.4, -0.2) is 53.9 Å². The monoisotopic (exact) mass is 367 g/mol. The van der Waals surface area contributed by atoms with E-state index in [1.165, 1.54) is 6.92 Å². The number of rotatable bonds is 5. The van der Waals surface area contributed by atoms with E-state index in [-0.39, 0.29) is 23.5 Å². The van der Waals surface area contributed by atoms with Crippen molar-refractivity contribution in [2.75, 3.05) is 36.4 Å². The molecule has 0 spiro atoms. The van der Waals surface area contributed by atoms with Gasteiger partial charge in [-0.05, 0) is 50.2 Å². The molecule has 2 aromatic carbocycles. The molecule has 6 heteroatoms. The maximum atomic E-state index is 12.7. The normalized spacial score (nSPS) is 16.0. The van der Waals surface area contributed by atoms with E-state index in [1.807, 2.05) is 25.1 Å². The van der Waals surface area contributed by atoms with Crippen molar-refractivity contribution >= 4 is 23.1 Å². The Morgan fingerprint density at radius 2 is 1.63 bits per heavy atom. The van der Waals surface area contributed by atoms with Gasteiger partial charge in [0.2, 0.25) is 5.91 Å². The van der Waals surface area contributed by atoms with Crippen LogP contribution in [0.1, 0.15) is 24.2 Å². The van der Waals surface area contributed by atoms with Crippen molar-refractivity contribution in [3.05, 3.63) is 54.1 Å². The predicted molar refractivity (Wildman–Crippen MR) is 106 cm³/mol. The second-order valence-electron chi connectivity index (χ2n) is 6.81. The number of hydrogen-bond acceptors (Lipinski definition) is 5. The molecule has 1 saturated heterocycles. The van der Waals surface area contributed by atoms with Crippen LogP contribution in [0.5, 0.6) is 5.75 Å². The van der Waals surface area contributed by atoms with Gasteiger partial charge in [-0.1, -0.05) is 12.1 Å². The van der Waals surface area contributed by atoms with E-state index in [1.54, 1.807) is 30.3 Å². The zero-order valence-electron chi connectivity index (χ0n) is 15.7. The fraction of sp³-hybridized carbons (Fsp3) is 0.333. The largest absolute Gasteiger partial charge is 0.508 e. The number of benzene rings is 2. The average molecular weight is 367 g/mol. The number of nitrogens with zero attached hydrogens (tertiary/aromatic N) is 2. The number of piperazine rings is 1. The molecule has 1 atom stereocenters. The zero-order valence-corrected chi connectivity index (χ0v) is 15.7. The summed E-state index contributed by atoms with van der Waals surface area (Å²) in [5.41, 5.74) is 2.15. The van der Waals surface area contributed by atoms with Crippen LogP contribution in [0.15, 0.2) is 48.5 Å². The Balaban J connectivity index is 1.59. The Morgan fingerprint density at radius 1 is 1.00 bits per heavy atom. The standard InChI is InChI=1S/C21H25N3O3/c1-15(21(27)22-20-6-4-3-5-19(20)16(2)25)23-11-13-24(14-12-23)17-7-9-18(26)10-8-17/h3-10,15,26H,11-14H2,1-2H3,(H,22,27)/t15-/m0/s1. The Bertz CT molecular complexity index is 812. The molecule has 1 aliphatic heterocycles. The minimum Gasteiger partial charge on any atom is -0.508 e. The van der Waals surface area contributed by atoms with Crippen LogP contribution < -0.4 is 10.2 Å². The zero-order chi connectivity index (χ0) is 19.4. The lowest BCUT2D eigenvalue weighted by atomic mass is 10.1. The van der Waals surface area contributed by atoms with Crippen LogP contribution in [0.4, 0.5) is 11.4 Å². The van der Waals surface area contributed by atoms with Gasteiger partial charge in [-0.15, -0.1) is 0 Å². The highest BCUT2D eigenvalue weighted by Gasteiger charge is 2.26. The van der Waals surface area contributed by atoms with Crippen LogP contribution in [0.3, 0.4) is 0 Å². The number of phenolic OH excluding ortho intramolecular Hbond substituents is 1. The summed E-state index contributed by atoms with van der Waals surface area (Å²) in [6, 6.07) is 14.0. The quantitative estimate of drug-likeness (QED) is 0.795. The van der Waals surface area contributed by atoms with Gasteiger partial charge in [0.25, 0.3) is 0 Å². The molecule has 27 heavy (non-hydrogen) atoms. The van der Waals surface area contributed by atoms with E-state index in [9.17, 15) is 14.7 Å². The summed E-state index contributed by atoms with van der Waals surface area (Å²) in [6.45, 7) is 6.55. The lowest BCUT2D eigenvalue weighted by Gasteiger charge is -2.38. The van der Waals surface area contributed by atoms with E-state index >= 15 is 0 Å². The van der Waals surface area contributed by atoms with Crippen molar-refractivity contribution in [3.63, 3.8) is 0 Å². The number of para-hydroxylation sites is 1. The predicted octanol–water partition coefficient (Wildman–Crippen LogP) is 2.74. The van der Waals surface area contributed by atoms with Crippen LogP contribution in [0.25, 0.3) is 0 Å². The van der Waals surface area contributed by atoms with Gasteiger partial charge < -0.3 is 15.3 Å². The number of phenols is 1. The molecular weight excluding hydrogens is 342 g/mol. The van der Waals surface area contributed by atoms with Crippen LogP contribution >= 0.6 is 0 Å². The third kappa shape index (κ3) is 4.46. The molecule has 6 nitrogen and oxygen atoms in total. The lowest BCUT2D eigenvalue weighted by Crippen LogP contribution is -2.52. The first-order valence-electron chi connectivity index (χ1n) is 9.14.